The molecule has 0 fully saturated rings. The first-order chi connectivity index (χ1) is 9.40. The molecule has 102 valence electrons. The minimum atomic E-state index is -3.24. The summed E-state index contributed by atoms with van der Waals surface area (Å²) < 4.78 is 28.2. The van der Waals surface area contributed by atoms with Gasteiger partial charge < -0.3 is 4.74 Å². The van der Waals surface area contributed by atoms with Gasteiger partial charge >= 0.3 is 0 Å². The molecule has 0 aliphatic carbocycles. The number of hydrogen-bond donors (Lipinski definition) is 0. The summed E-state index contributed by atoms with van der Waals surface area (Å²) in [7, 11) is -3.24. The van der Waals surface area contributed by atoms with E-state index in [2.05, 4.69) is 0 Å². The summed E-state index contributed by atoms with van der Waals surface area (Å²) in [4.78, 5) is 0.205. The number of halogens is 1. The predicted molar refractivity (Wildman–Crippen MR) is 75.8 cm³/mol. The molecule has 20 heavy (non-hydrogen) atoms. The average molecular weight is 308 g/mol. The molecular formula is C14H10ClNO3S. The maximum absolute atomic E-state index is 11.3. The van der Waals surface area contributed by atoms with E-state index >= 15 is 0 Å². The highest BCUT2D eigenvalue weighted by Crippen LogP contribution is 2.28. The van der Waals surface area contributed by atoms with Crippen molar-refractivity contribution in [3.8, 4) is 17.6 Å². The molecule has 0 unspecified atom stereocenters. The van der Waals surface area contributed by atoms with Crippen LogP contribution >= 0.6 is 11.6 Å². The van der Waals surface area contributed by atoms with E-state index in [4.69, 9.17) is 21.6 Å². The molecule has 0 saturated heterocycles. The molecule has 0 aliphatic heterocycles. The minimum absolute atomic E-state index is 0.205. The molecule has 2 rings (SSSR count). The molecule has 0 radical (unpaired) electrons. The predicted octanol–water partition coefficient (Wildman–Crippen LogP) is 3.41. The zero-order valence-electron chi connectivity index (χ0n) is 10.5. The Morgan fingerprint density at radius 2 is 1.80 bits per heavy atom. The maximum atomic E-state index is 11.3. The molecular weight excluding hydrogens is 298 g/mol. The Labute approximate surface area is 122 Å². The van der Waals surface area contributed by atoms with Crippen molar-refractivity contribution < 1.29 is 13.2 Å². The molecule has 0 bridgehead atoms. The van der Waals surface area contributed by atoms with Crippen LogP contribution in [0.5, 0.6) is 11.5 Å². The van der Waals surface area contributed by atoms with Gasteiger partial charge in [0.2, 0.25) is 0 Å². The Balaban J connectivity index is 2.32. The van der Waals surface area contributed by atoms with Crippen LogP contribution in [0.25, 0.3) is 0 Å². The largest absolute Gasteiger partial charge is 0.456 e. The number of hydrogen-bond acceptors (Lipinski definition) is 4. The lowest BCUT2D eigenvalue weighted by molar-refractivity contribution is 0.480. The summed E-state index contributed by atoms with van der Waals surface area (Å²) >= 11 is 5.86. The first-order valence-corrected chi connectivity index (χ1v) is 7.85. The third-order valence-electron chi connectivity index (χ3n) is 2.54. The van der Waals surface area contributed by atoms with Crippen molar-refractivity contribution in [2.24, 2.45) is 0 Å². The molecule has 4 nitrogen and oxygen atoms in total. The van der Waals surface area contributed by atoms with Crippen molar-refractivity contribution in [1.82, 2.24) is 0 Å². The van der Waals surface area contributed by atoms with Crippen LogP contribution in [-0.2, 0) is 9.84 Å². The zero-order chi connectivity index (χ0) is 14.8. The van der Waals surface area contributed by atoms with Gasteiger partial charge in [0, 0.05) is 17.3 Å². The first-order valence-electron chi connectivity index (χ1n) is 5.58. The van der Waals surface area contributed by atoms with Crippen LogP contribution in [0.15, 0.2) is 47.4 Å². The molecule has 0 aliphatic rings. The lowest BCUT2D eigenvalue weighted by Crippen LogP contribution is -1.96. The van der Waals surface area contributed by atoms with Gasteiger partial charge in [0.15, 0.2) is 9.84 Å². The second kappa shape index (κ2) is 5.53. The monoisotopic (exact) mass is 307 g/mol. The van der Waals surface area contributed by atoms with E-state index in [1.165, 1.54) is 30.3 Å². The maximum Gasteiger partial charge on any atom is 0.175 e. The van der Waals surface area contributed by atoms with E-state index in [1.54, 1.807) is 12.1 Å². The van der Waals surface area contributed by atoms with E-state index in [1.807, 2.05) is 6.07 Å². The second-order valence-corrected chi connectivity index (χ2v) is 6.55. The molecule has 0 aromatic heterocycles. The lowest BCUT2D eigenvalue weighted by Gasteiger charge is -2.08. The molecule has 0 N–H and O–H groups in total. The van der Waals surface area contributed by atoms with Gasteiger partial charge in [0.25, 0.3) is 0 Å². The van der Waals surface area contributed by atoms with Crippen LogP contribution in [-0.4, -0.2) is 14.7 Å². The summed E-state index contributed by atoms with van der Waals surface area (Å²) in [6.07, 6.45) is 1.13. The zero-order valence-corrected chi connectivity index (χ0v) is 12.1. The smallest absolute Gasteiger partial charge is 0.175 e. The quantitative estimate of drug-likeness (QED) is 0.871. The van der Waals surface area contributed by atoms with Crippen molar-refractivity contribution in [3.05, 3.63) is 53.1 Å². The molecule has 0 amide bonds. The summed E-state index contributed by atoms with van der Waals surface area (Å²) in [5, 5.41) is 9.44. The van der Waals surface area contributed by atoms with E-state index in [-0.39, 0.29) is 4.90 Å². The van der Waals surface area contributed by atoms with E-state index in [0.717, 1.165) is 6.26 Å². The Morgan fingerprint density at radius 3 is 2.35 bits per heavy atom. The second-order valence-electron chi connectivity index (χ2n) is 4.10. The third kappa shape index (κ3) is 3.29. The summed E-state index contributed by atoms with van der Waals surface area (Å²) in [5.74, 6) is 0.753. The van der Waals surface area contributed by atoms with Crippen molar-refractivity contribution in [2.75, 3.05) is 6.26 Å². The highest BCUT2D eigenvalue weighted by atomic mass is 35.5. The fraction of sp³-hybridized carbons (Fsp3) is 0.0714. The Kier molecular flexibility index (Phi) is 3.98. The fourth-order valence-electron chi connectivity index (χ4n) is 1.55. The third-order valence-corrected chi connectivity index (χ3v) is 3.91. The highest BCUT2D eigenvalue weighted by molar-refractivity contribution is 7.90. The first kappa shape index (κ1) is 14.4. The number of nitriles is 1. The van der Waals surface area contributed by atoms with Gasteiger partial charge in [-0.1, -0.05) is 11.6 Å². The highest BCUT2D eigenvalue weighted by Gasteiger charge is 2.09. The minimum Gasteiger partial charge on any atom is -0.456 e. The molecule has 2 aromatic rings. The van der Waals surface area contributed by atoms with Gasteiger partial charge in [0.1, 0.15) is 17.6 Å². The molecule has 0 heterocycles. The van der Waals surface area contributed by atoms with Gasteiger partial charge in [0.05, 0.1) is 10.5 Å². The average Bonchev–Trinajstić information content (AvgIpc) is 2.38. The van der Waals surface area contributed by atoms with Crippen molar-refractivity contribution >= 4 is 21.4 Å². The van der Waals surface area contributed by atoms with Crippen molar-refractivity contribution in [2.45, 2.75) is 4.90 Å². The molecule has 2 aromatic carbocycles. The normalized spacial score (nSPS) is 10.8. The van der Waals surface area contributed by atoms with E-state index in [9.17, 15) is 8.42 Å². The van der Waals surface area contributed by atoms with Gasteiger partial charge in [-0.05, 0) is 36.4 Å². The van der Waals surface area contributed by atoms with Crippen LogP contribution in [0.4, 0.5) is 0 Å². The van der Waals surface area contributed by atoms with Crippen LogP contribution in [0, 0.1) is 11.3 Å². The Bertz CT molecular complexity index is 777. The fourth-order valence-corrected chi connectivity index (χ4v) is 2.35. The summed E-state index contributed by atoms with van der Waals surface area (Å²) in [6.45, 7) is 0. The molecule has 0 spiro atoms. The van der Waals surface area contributed by atoms with Crippen molar-refractivity contribution in [1.29, 1.82) is 5.26 Å². The number of ether oxygens (including phenoxy) is 1. The van der Waals surface area contributed by atoms with E-state index < -0.39 is 9.84 Å². The Hall–Kier alpha value is -2.03. The summed E-state index contributed by atoms with van der Waals surface area (Å²) in [5.41, 5.74) is 0.349. The topological polar surface area (TPSA) is 67.2 Å². The van der Waals surface area contributed by atoms with Gasteiger partial charge in [-0.15, -0.1) is 0 Å². The number of sulfone groups is 1. The standard InChI is InChI=1S/C14H10ClNO3S/c1-20(17,18)13-6-4-12(5-7-13)19-14-8-11(15)3-2-10(14)9-16/h2-8H,1H3. The summed E-state index contributed by atoms with van der Waals surface area (Å²) in [6, 6.07) is 12.6. The van der Waals surface area contributed by atoms with Gasteiger partial charge in [-0.25, -0.2) is 8.42 Å². The van der Waals surface area contributed by atoms with Crippen LogP contribution in [0.2, 0.25) is 5.02 Å². The number of nitrogens with zero attached hydrogens (tertiary/aromatic N) is 1. The van der Waals surface area contributed by atoms with Crippen molar-refractivity contribution in [3.63, 3.8) is 0 Å². The lowest BCUT2D eigenvalue weighted by atomic mass is 10.2. The van der Waals surface area contributed by atoms with Crippen LogP contribution in [0.3, 0.4) is 0 Å². The SMILES string of the molecule is CS(=O)(=O)c1ccc(Oc2cc(Cl)ccc2C#N)cc1. The van der Waals surface area contributed by atoms with Gasteiger partial charge in [-0.2, -0.15) is 5.26 Å². The van der Waals surface area contributed by atoms with E-state index in [0.29, 0.717) is 22.1 Å². The molecule has 0 atom stereocenters. The molecule has 0 saturated carbocycles. The Morgan fingerprint density at radius 1 is 1.15 bits per heavy atom. The van der Waals surface area contributed by atoms with Crippen LogP contribution in [0.1, 0.15) is 5.56 Å². The number of benzene rings is 2. The molecule has 6 heteroatoms. The number of rotatable bonds is 3. The van der Waals surface area contributed by atoms with Crippen LogP contribution < -0.4 is 4.74 Å². The van der Waals surface area contributed by atoms with Gasteiger partial charge in [-0.3, -0.25) is 0 Å².